The molecule has 0 aliphatic carbocycles. The molecule has 0 spiro atoms. The van der Waals surface area contributed by atoms with Crippen LogP contribution in [0.3, 0.4) is 0 Å². The third-order valence-electron chi connectivity index (χ3n) is 0.685. The van der Waals surface area contributed by atoms with E-state index in [0.29, 0.717) is 6.04 Å². The number of rotatable bonds is 2. The lowest BCUT2D eigenvalue weighted by Gasteiger charge is -2.07. The van der Waals surface area contributed by atoms with E-state index in [1.807, 2.05) is 0 Å². The van der Waals surface area contributed by atoms with Crippen LogP contribution in [-0.2, 0) is 4.79 Å². The topological polar surface area (TPSA) is 37.3 Å². The number of hydrogen-bond acceptors (Lipinski definition) is 2. The molecule has 0 saturated heterocycles. The molecule has 2 nitrogen and oxygen atoms in total. The summed E-state index contributed by atoms with van der Waals surface area (Å²) < 4.78 is 0. The van der Waals surface area contributed by atoms with Gasteiger partial charge in [-0.25, -0.2) is 4.79 Å². The predicted octanol–water partition coefficient (Wildman–Crippen LogP) is 0.572. The van der Waals surface area contributed by atoms with Gasteiger partial charge in [-0.15, -0.1) is 0 Å². The van der Waals surface area contributed by atoms with Gasteiger partial charge in [0.25, 0.3) is 0 Å². The van der Waals surface area contributed by atoms with E-state index in [2.05, 4.69) is 0 Å². The van der Waals surface area contributed by atoms with Crippen molar-refractivity contribution in [2.45, 2.75) is 19.1 Å². The fourth-order valence-corrected chi connectivity index (χ4v) is 0.874. The van der Waals surface area contributed by atoms with E-state index in [4.69, 9.17) is 4.80 Å². The highest BCUT2D eigenvalue weighted by Crippen LogP contribution is 2.02. The van der Waals surface area contributed by atoms with Gasteiger partial charge >= 0.3 is 0 Å². The van der Waals surface area contributed by atoms with Crippen LogP contribution in [0.2, 0.25) is 19.1 Å². The largest absolute Gasteiger partial charge is 0.432 e. The predicted molar refractivity (Wildman–Crippen MR) is 34.8 cm³/mol. The van der Waals surface area contributed by atoms with Crippen LogP contribution in [0, 0.1) is 0 Å². The summed E-state index contributed by atoms with van der Waals surface area (Å²) >= 11 is 0. The Balaban J connectivity index is 3.55. The normalized spacial score (nSPS) is 10.4. The summed E-state index contributed by atoms with van der Waals surface area (Å²) in [6.07, 6.45) is 1.34. The van der Waals surface area contributed by atoms with Crippen LogP contribution in [-0.4, -0.2) is 19.1 Å². The van der Waals surface area contributed by atoms with Gasteiger partial charge in [-0.1, -0.05) is 0 Å². The lowest BCUT2D eigenvalue weighted by molar-refractivity contribution is 0.552. The van der Waals surface area contributed by atoms with Gasteiger partial charge < -0.3 is 4.80 Å². The van der Waals surface area contributed by atoms with Crippen LogP contribution in [0.15, 0.2) is 6.08 Å². The average Bonchev–Trinajstić information content (AvgIpc) is 1.59. The summed E-state index contributed by atoms with van der Waals surface area (Å²) in [6.45, 7) is 3.56. The van der Waals surface area contributed by atoms with E-state index in [1.165, 1.54) is 6.08 Å². The lowest BCUT2D eigenvalue weighted by Crippen LogP contribution is -2.22. The van der Waals surface area contributed by atoms with Crippen molar-refractivity contribution in [3.05, 3.63) is 6.08 Å². The molecule has 0 atom stereocenters. The molecule has 0 bridgehead atoms. The molecule has 0 aromatic rings. The average molecular weight is 130 g/mol. The van der Waals surface area contributed by atoms with Gasteiger partial charge in [0.15, 0.2) is 8.32 Å². The first-order chi connectivity index (χ1) is 3.56. The summed E-state index contributed by atoms with van der Waals surface area (Å²) in [5, 5.41) is 0. The Hall–Kier alpha value is -0.373. The molecule has 0 aromatic carbocycles. The zero-order valence-corrected chi connectivity index (χ0v) is 6.14. The van der Waals surface area contributed by atoms with Crippen LogP contribution < -0.4 is 0 Å². The summed E-state index contributed by atoms with van der Waals surface area (Å²) in [5.74, 6) is 1.62. The Morgan fingerprint density at radius 1 is 1.75 bits per heavy atom. The van der Waals surface area contributed by atoms with Crippen LogP contribution in [0.1, 0.15) is 0 Å². The monoisotopic (exact) mass is 130 g/mol. The Morgan fingerprint density at radius 2 is 2.25 bits per heavy atom. The highest BCUT2D eigenvalue weighted by molar-refractivity contribution is 6.70. The van der Waals surface area contributed by atoms with Crippen molar-refractivity contribution < 1.29 is 9.59 Å². The molecule has 0 aromatic heterocycles. The molecule has 0 unspecified atom stereocenters. The SMILES string of the molecule is C[Si](C)(O)CC=C=O. The van der Waals surface area contributed by atoms with E-state index < -0.39 is 8.32 Å². The fraction of sp³-hybridized carbons (Fsp3) is 0.600. The molecule has 0 heterocycles. The first kappa shape index (κ1) is 7.63. The molecular formula is C5H10O2Si. The first-order valence-corrected chi connectivity index (χ1v) is 5.63. The molecule has 3 heteroatoms. The Labute approximate surface area is 50.0 Å². The maximum Gasteiger partial charge on any atom is 0.187 e. The molecule has 0 fully saturated rings. The molecule has 0 aliphatic heterocycles. The minimum absolute atomic E-state index is 0.510. The zero-order valence-electron chi connectivity index (χ0n) is 5.14. The molecule has 0 amide bonds. The zero-order chi connectivity index (χ0) is 6.62. The van der Waals surface area contributed by atoms with E-state index in [0.717, 1.165) is 0 Å². The van der Waals surface area contributed by atoms with Crippen molar-refractivity contribution in [1.29, 1.82) is 0 Å². The summed E-state index contributed by atoms with van der Waals surface area (Å²) in [7, 11) is -2.00. The third kappa shape index (κ3) is 5.63. The minimum Gasteiger partial charge on any atom is -0.432 e. The summed E-state index contributed by atoms with van der Waals surface area (Å²) in [6, 6.07) is 0.510. The first-order valence-electron chi connectivity index (χ1n) is 2.48. The Kier molecular flexibility index (Phi) is 2.69. The van der Waals surface area contributed by atoms with Gasteiger partial charge in [-0.2, -0.15) is 0 Å². The van der Waals surface area contributed by atoms with Crippen molar-refractivity contribution in [3.63, 3.8) is 0 Å². The molecule has 1 N–H and O–H groups in total. The second-order valence-electron chi connectivity index (χ2n) is 2.34. The molecule has 0 radical (unpaired) electrons. The van der Waals surface area contributed by atoms with Gasteiger partial charge in [0, 0.05) is 0 Å². The molecule has 0 aliphatic rings. The highest BCUT2D eigenvalue weighted by Gasteiger charge is 2.13. The maximum atomic E-state index is 9.58. The number of allylic oxidation sites excluding steroid dienone is 1. The summed E-state index contributed by atoms with van der Waals surface area (Å²) in [5.41, 5.74) is 0. The van der Waals surface area contributed by atoms with Crippen molar-refractivity contribution in [1.82, 2.24) is 0 Å². The molecule has 0 saturated carbocycles. The van der Waals surface area contributed by atoms with Crippen LogP contribution in [0.25, 0.3) is 0 Å². The Bertz CT molecular complexity index is 108. The highest BCUT2D eigenvalue weighted by atomic mass is 28.4. The van der Waals surface area contributed by atoms with E-state index in [-0.39, 0.29) is 0 Å². The second kappa shape index (κ2) is 2.82. The maximum absolute atomic E-state index is 9.58. The van der Waals surface area contributed by atoms with Gasteiger partial charge in [0.05, 0.1) is 0 Å². The lowest BCUT2D eigenvalue weighted by atomic mass is 10.7. The minimum atomic E-state index is -2.00. The molecule has 46 valence electrons. The van der Waals surface area contributed by atoms with Crippen molar-refractivity contribution in [2.24, 2.45) is 0 Å². The Morgan fingerprint density at radius 3 is 2.38 bits per heavy atom. The molecule has 8 heavy (non-hydrogen) atoms. The van der Waals surface area contributed by atoms with E-state index >= 15 is 0 Å². The molecule has 0 rings (SSSR count). The van der Waals surface area contributed by atoms with Crippen LogP contribution >= 0.6 is 0 Å². The van der Waals surface area contributed by atoms with Crippen molar-refractivity contribution in [2.75, 3.05) is 0 Å². The van der Waals surface area contributed by atoms with Gasteiger partial charge in [0.2, 0.25) is 0 Å². The number of hydrogen-bond donors (Lipinski definition) is 1. The van der Waals surface area contributed by atoms with Crippen molar-refractivity contribution >= 4 is 14.3 Å². The third-order valence-corrected chi connectivity index (χ3v) is 1.89. The van der Waals surface area contributed by atoms with Crippen LogP contribution in [0.5, 0.6) is 0 Å². The van der Waals surface area contributed by atoms with E-state index in [1.54, 1.807) is 19.0 Å². The smallest absolute Gasteiger partial charge is 0.187 e. The van der Waals surface area contributed by atoms with Crippen LogP contribution in [0.4, 0.5) is 0 Å². The summed E-state index contributed by atoms with van der Waals surface area (Å²) in [4.78, 5) is 18.7. The standard InChI is InChI=1S/C5H10O2Si/c1-8(2,7)5-3-4-6/h3,7H,5H2,1-2H3. The van der Waals surface area contributed by atoms with Gasteiger partial charge in [0.1, 0.15) is 5.94 Å². The van der Waals surface area contributed by atoms with Crippen molar-refractivity contribution in [3.8, 4) is 0 Å². The second-order valence-corrected chi connectivity index (χ2v) is 6.37. The molecular weight excluding hydrogens is 120 g/mol. The number of carbonyl (C=O) groups excluding carboxylic acids is 1. The van der Waals surface area contributed by atoms with Gasteiger partial charge in [-0.3, -0.25) is 0 Å². The van der Waals surface area contributed by atoms with Gasteiger partial charge in [-0.05, 0) is 25.2 Å². The van der Waals surface area contributed by atoms with E-state index in [9.17, 15) is 4.79 Å². The fourth-order valence-electron chi connectivity index (χ4n) is 0.291. The quantitative estimate of drug-likeness (QED) is 0.438.